The van der Waals surface area contributed by atoms with E-state index in [1.165, 1.54) is 18.2 Å². The number of aryl methyl sites for hydroxylation is 1. The normalized spacial score (nSPS) is 12.7. The molecule has 0 aliphatic rings. The van der Waals surface area contributed by atoms with Crippen molar-refractivity contribution in [3.63, 3.8) is 0 Å². The van der Waals surface area contributed by atoms with E-state index in [1.54, 1.807) is 24.3 Å². The molecule has 0 unspecified atom stereocenters. The Balaban J connectivity index is 2.42. The van der Waals surface area contributed by atoms with Crippen LogP contribution < -0.4 is 0 Å². The van der Waals surface area contributed by atoms with Crippen molar-refractivity contribution in [2.75, 3.05) is 0 Å². The Kier molecular flexibility index (Phi) is 4.93. The third kappa shape index (κ3) is 3.87. The van der Waals surface area contributed by atoms with Crippen LogP contribution in [0, 0.1) is 6.92 Å². The third-order valence-electron chi connectivity index (χ3n) is 3.90. The van der Waals surface area contributed by atoms with E-state index in [-0.39, 0.29) is 10.8 Å². The third-order valence-corrected chi connectivity index (χ3v) is 5.66. The van der Waals surface area contributed by atoms with E-state index in [4.69, 9.17) is 0 Å². The zero-order valence-electron chi connectivity index (χ0n) is 14.3. The Labute approximate surface area is 160 Å². The SMILES string of the molecule is Cc1ccc(N=Nc2c(S(=O)(=O)O)cc(S(=O)(=O)O)c3cccc(O)c23)cc1. The van der Waals surface area contributed by atoms with Gasteiger partial charge in [-0.1, -0.05) is 29.8 Å². The first-order chi connectivity index (χ1) is 13.0. The quantitative estimate of drug-likeness (QED) is 0.427. The second kappa shape index (κ2) is 6.95. The van der Waals surface area contributed by atoms with Crippen LogP contribution in [0.3, 0.4) is 0 Å². The van der Waals surface area contributed by atoms with Crippen LogP contribution >= 0.6 is 0 Å². The van der Waals surface area contributed by atoms with Crippen LogP contribution in [-0.4, -0.2) is 31.0 Å². The number of hydrogen-bond donors (Lipinski definition) is 3. The highest BCUT2D eigenvalue weighted by Crippen LogP contribution is 2.42. The molecule has 0 radical (unpaired) electrons. The summed E-state index contributed by atoms with van der Waals surface area (Å²) in [4.78, 5) is -1.73. The minimum Gasteiger partial charge on any atom is -0.507 e. The van der Waals surface area contributed by atoms with Gasteiger partial charge in [0, 0.05) is 5.39 Å². The molecule has 3 N–H and O–H groups in total. The summed E-state index contributed by atoms with van der Waals surface area (Å²) >= 11 is 0. The van der Waals surface area contributed by atoms with Crippen molar-refractivity contribution in [1.82, 2.24) is 0 Å². The van der Waals surface area contributed by atoms with Crippen molar-refractivity contribution in [3.8, 4) is 5.75 Å². The van der Waals surface area contributed by atoms with Crippen molar-refractivity contribution >= 4 is 42.4 Å². The molecule has 28 heavy (non-hydrogen) atoms. The van der Waals surface area contributed by atoms with Gasteiger partial charge in [0.25, 0.3) is 20.2 Å². The van der Waals surface area contributed by atoms with E-state index in [1.807, 2.05) is 6.92 Å². The summed E-state index contributed by atoms with van der Waals surface area (Å²) in [6, 6.07) is 11.0. The van der Waals surface area contributed by atoms with Crippen LogP contribution in [0.4, 0.5) is 11.4 Å². The van der Waals surface area contributed by atoms with Crippen LogP contribution in [0.1, 0.15) is 5.56 Å². The molecule has 0 saturated carbocycles. The molecule has 3 aromatic rings. The van der Waals surface area contributed by atoms with Gasteiger partial charge in [0.2, 0.25) is 0 Å². The topological polar surface area (TPSA) is 154 Å². The Morgan fingerprint density at radius 1 is 0.821 bits per heavy atom. The predicted octanol–water partition coefficient (Wildman–Crippen LogP) is 3.76. The highest BCUT2D eigenvalue weighted by molar-refractivity contribution is 7.87. The van der Waals surface area contributed by atoms with Gasteiger partial charge in [0.15, 0.2) is 0 Å². The molecule has 0 bridgehead atoms. The van der Waals surface area contributed by atoms with Gasteiger partial charge >= 0.3 is 0 Å². The maximum Gasteiger partial charge on any atom is 0.296 e. The fourth-order valence-electron chi connectivity index (χ4n) is 2.61. The second-order valence-corrected chi connectivity index (χ2v) is 8.69. The fourth-order valence-corrected chi connectivity index (χ4v) is 4.05. The van der Waals surface area contributed by atoms with E-state index in [2.05, 4.69) is 10.2 Å². The highest BCUT2D eigenvalue weighted by atomic mass is 32.2. The van der Waals surface area contributed by atoms with Gasteiger partial charge in [0.05, 0.1) is 11.1 Å². The highest BCUT2D eigenvalue weighted by Gasteiger charge is 2.27. The lowest BCUT2D eigenvalue weighted by molar-refractivity contribution is 0.480. The van der Waals surface area contributed by atoms with E-state index >= 15 is 0 Å². The first-order valence-corrected chi connectivity index (χ1v) is 10.6. The molecule has 9 nitrogen and oxygen atoms in total. The van der Waals surface area contributed by atoms with E-state index in [0.717, 1.165) is 5.56 Å². The van der Waals surface area contributed by atoms with Crippen LogP contribution in [0.2, 0.25) is 0 Å². The molecule has 3 rings (SSSR count). The number of fused-ring (bicyclic) bond motifs is 1. The van der Waals surface area contributed by atoms with Gasteiger partial charge < -0.3 is 5.11 Å². The van der Waals surface area contributed by atoms with Gasteiger partial charge in [-0.15, -0.1) is 5.11 Å². The molecule has 0 aromatic heterocycles. The molecule has 0 saturated heterocycles. The monoisotopic (exact) mass is 422 g/mol. The lowest BCUT2D eigenvalue weighted by atomic mass is 10.1. The molecular weight excluding hydrogens is 408 g/mol. The van der Waals surface area contributed by atoms with Crippen LogP contribution in [0.15, 0.2) is 68.6 Å². The van der Waals surface area contributed by atoms with E-state index < -0.39 is 41.5 Å². The fraction of sp³-hybridized carbons (Fsp3) is 0.0588. The van der Waals surface area contributed by atoms with Gasteiger partial charge in [-0.2, -0.15) is 21.9 Å². The molecule has 0 atom stereocenters. The minimum atomic E-state index is -4.98. The lowest BCUT2D eigenvalue weighted by Crippen LogP contribution is -2.05. The van der Waals surface area contributed by atoms with Crippen molar-refractivity contribution in [2.24, 2.45) is 10.2 Å². The van der Waals surface area contributed by atoms with Crippen molar-refractivity contribution in [1.29, 1.82) is 0 Å². The maximum atomic E-state index is 11.8. The number of rotatable bonds is 4. The Morgan fingerprint density at radius 3 is 2.00 bits per heavy atom. The average Bonchev–Trinajstić information content (AvgIpc) is 2.59. The first-order valence-electron chi connectivity index (χ1n) is 7.70. The predicted molar refractivity (Wildman–Crippen MR) is 101 cm³/mol. The molecule has 146 valence electrons. The molecule has 0 aliphatic carbocycles. The molecular formula is C17H14N2O7S2. The van der Waals surface area contributed by atoms with Gasteiger partial charge in [-0.25, -0.2) is 0 Å². The summed E-state index contributed by atoms with van der Waals surface area (Å²) in [5, 5.41) is 17.5. The molecule has 0 amide bonds. The molecule has 0 spiro atoms. The number of aromatic hydroxyl groups is 1. The first kappa shape index (κ1) is 19.9. The van der Waals surface area contributed by atoms with Gasteiger partial charge in [-0.3, -0.25) is 9.11 Å². The summed E-state index contributed by atoms with van der Waals surface area (Å²) in [6.07, 6.45) is 0. The molecule has 0 heterocycles. The number of phenolic OH excluding ortho intramolecular Hbond substituents is 1. The van der Waals surface area contributed by atoms with Crippen LogP contribution in [0.25, 0.3) is 10.8 Å². The van der Waals surface area contributed by atoms with Gasteiger partial charge in [-0.05, 0) is 31.2 Å². The largest absolute Gasteiger partial charge is 0.507 e. The Hall–Kier alpha value is -2.86. The number of nitrogens with zero attached hydrogens (tertiary/aromatic N) is 2. The van der Waals surface area contributed by atoms with Crippen molar-refractivity contribution in [3.05, 3.63) is 54.1 Å². The zero-order valence-corrected chi connectivity index (χ0v) is 15.9. The summed E-state index contributed by atoms with van der Waals surface area (Å²) in [5.41, 5.74) is 0.844. The van der Waals surface area contributed by atoms with Crippen LogP contribution in [0.5, 0.6) is 5.75 Å². The van der Waals surface area contributed by atoms with Crippen LogP contribution in [-0.2, 0) is 20.2 Å². The number of azo groups is 1. The minimum absolute atomic E-state index is 0.187. The van der Waals surface area contributed by atoms with Crippen molar-refractivity contribution < 1.29 is 31.0 Å². The molecule has 3 aromatic carbocycles. The van der Waals surface area contributed by atoms with E-state index in [9.17, 15) is 31.0 Å². The summed E-state index contributed by atoms with van der Waals surface area (Å²) in [6.45, 7) is 1.86. The average molecular weight is 422 g/mol. The molecule has 0 fully saturated rings. The number of hydrogen-bond acceptors (Lipinski definition) is 7. The summed E-state index contributed by atoms with van der Waals surface area (Å²) in [5.74, 6) is -0.509. The lowest BCUT2D eigenvalue weighted by Gasteiger charge is -2.11. The summed E-state index contributed by atoms with van der Waals surface area (Å²) in [7, 11) is -9.85. The number of phenols is 1. The smallest absolute Gasteiger partial charge is 0.296 e. The standard InChI is InChI=1S/C17H14N2O7S2/c1-10-5-7-11(8-6-10)18-19-17-15(28(24,25)26)9-14(27(21,22)23)12-3-2-4-13(20)16(12)17/h2-9,20H,1H3,(H,21,22,23)(H,24,25,26). The van der Waals surface area contributed by atoms with Gasteiger partial charge in [0.1, 0.15) is 21.2 Å². The second-order valence-electron chi connectivity index (χ2n) is 5.91. The molecule has 11 heteroatoms. The summed E-state index contributed by atoms with van der Waals surface area (Å²) < 4.78 is 66.1. The Bertz CT molecular complexity index is 1310. The maximum absolute atomic E-state index is 11.8. The molecule has 0 aliphatic heterocycles. The Morgan fingerprint density at radius 2 is 1.43 bits per heavy atom. The zero-order chi connectivity index (χ0) is 20.7. The van der Waals surface area contributed by atoms with E-state index in [0.29, 0.717) is 11.8 Å². The van der Waals surface area contributed by atoms with Crippen molar-refractivity contribution in [2.45, 2.75) is 16.7 Å². The number of benzene rings is 3.